The summed E-state index contributed by atoms with van der Waals surface area (Å²) in [6.45, 7) is 5.51. The molecule has 0 spiro atoms. The number of hydrogen-bond acceptors (Lipinski definition) is 8. The van der Waals surface area contributed by atoms with Crippen LogP contribution >= 0.6 is 0 Å². The van der Waals surface area contributed by atoms with Crippen molar-refractivity contribution in [3.8, 4) is 0 Å². The fourth-order valence-electron chi connectivity index (χ4n) is 4.78. The van der Waals surface area contributed by atoms with Gasteiger partial charge in [-0.25, -0.2) is 0 Å². The summed E-state index contributed by atoms with van der Waals surface area (Å²) < 4.78 is 10.9. The Morgan fingerprint density at radius 2 is 1.33 bits per heavy atom. The van der Waals surface area contributed by atoms with Crippen LogP contribution in [0.1, 0.15) is 142 Å². The van der Waals surface area contributed by atoms with Crippen LogP contribution in [0.25, 0.3) is 0 Å². The van der Waals surface area contributed by atoms with E-state index in [-0.39, 0.29) is 24.2 Å². The molecule has 42 heavy (non-hydrogen) atoms. The predicted molar refractivity (Wildman–Crippen MR) is 165 cm³/mol. The van der Waals surface area contributed by atoms with Crippen LogP contribution in [0.3, 0.4) is 0 Å². The summed E-state index contributed by atoms with van der Waals surface area (Å²) in [5.74, 6) is 1.33. The number of H-pyrrole nitrogens is 1. The number of amides is 1. The van der Waals surface area contributed by atoms with Gasteiger partial charge in [0.05, 0.1) is 13.2 Å². The molecule has 1 aromatic heterocycles. The summed E-state index contributed by atoms with van der Waals surface area (Å²) in [4.78, 5) is 35.0. The first-order chi connectivity index (χ1) is 20.5. The molecule has 0 unspecified atom stereocenters. The number of aromatic nitrogens is 4. The largest absolute Gasteiger partial charge is 0.379 e. The fraction of sp³-hybridized carbons (Fsp3) is 0.875. The molecule has 242 valence electrons. The predicted octanol–water partition coefficient (Wildman–Crippen LogP) is 6.10. The van der Waals surface area contributed by atoms with E-state index in [1.807, 2.05) is 6.92 Å². The topological polar surface area (TPSA) is 136 Å². The Balaban J connectivity index is 1.73. The maximum atomic E-state index is 12.1. The van der Waals surface area contributed by atoms with Gasteiger partial charge in [0.2, 0.25) is 5.91 Å². The van der Waals surface area contributed by atoms with Crippen molar-refractivity contribution < 1.29 is 23.9 Å². The molecule has 0 bridgehead atoms. The van der Waals surface area contributed by atoms with Gasteiger partial charge in [0.15, 0.2) is 5.82 Å². The third-order valence-electron chi connectivity index (χ3n) is 7.67. The molecule has 0 aliphatic rings. The number of unbranched alkanes of at least 4 members (excludes halogenated alkanes) is 13. The van der Waals surface area contributed by atoms with E-state index in [1.165, 1.54) is 64.2 Å². The number of carbonyl (C=O) groups excluding carboxylic acids is 3. The molecule has 1 amide bonds. The molecule has 0 saturated carbocycles. The minimum atomic E-state index is -0.132. The summed E-state index contributed by atoms with van der Waals surface area (Å²) in [6, 6.07) is 0. The highest BCUT2D eigenvalue weighted by molar-refractivity contribution is 5.78. The maximum absolute atomic E-state index is 12.1. The van der Waals surface area contributed by atoms with E-state index in [4.69, 9.17) is 9.47 Å². The molecule has 2 N–H and O–H groups in total. The van der Waals surface area contributed by atoms with Gasteiger partial charge in [-0.3, -0.25) is 14.4 Å². The summed E-state index contributed by atoms with van der Waals surface area (Å²) >= 11 is 0. The molecular formula is C32H59N5O5. The van der Waals surface area contributed by atoms with Gasteiger partial charge in [-0.2, -0.15) is 5.21 Å². The number of aromatic amines is 1. The Morgan fingerprint density at radius 3 is 1.95 bits per heavy atom. The number of nitrogens with one attached hydrogen (secondary N) is 2. The van der Waals surface area contributed by atoms with E-state index in [0.717, 1.165) is 57.2 Å². The Kier molecular flexibility index (Phi) is 24.9. The van der Waals surface area contributed by atoms with Crippen molar-refractivity contribution >= 4 is 17.5 Å². The summed E-state index contributed by atoms with van der Waals surface area (Å²) in [5.41, 5.74) is 0. The van der Waals surface area contributed by atoms with Crippen LogP contribution < -0.4 is 5.32 Å². The molecule has 1 rings (SSSR count). The number of Topliss-reactive ketones (excluding diaryl/α,β-unsaturated/α-hetero) is 2. The van der Waals surface area contributed by atoms with Gasteiger partial charge in [0.25, 0.3) is 0 Å². The molecule has 1 aromatic rings. The molecular weight excluding hydrogens is 534 g/mol. The molecule has 0 fully saturated rings. The lowest BCUT2D eigenvalue weighted by molar-refractivity contribution is -0.126. The van der Waals surface area contributed by atoms with E-state index in [9.17, 15) is 14.4 Å². The molecule has 0 saturated heterocycles. The summed E-state index contributed by atoms with van der Waals surface area (Å²) in [6.07, 6.45) is 21.9. The van der Waals surface area contributed by atoms with Crippen molar-refractivity contribution in [1.82, 2.24) is 25.9 Å². The summed E-state index contributed by atoms with van der Waals surface area (Å²) in [5, 5.41) is 16.9. The normalized spacial score (nSPS) is 12.0. The van der Waals surface area contributed by atoms with E-state index in [0.29, 0.717) is 45.0 Å². The monoisotopic (exact) mass is 593 g/mol. The van der Waals surface area contributed by atoms with E-state index in [1.54, 1.807) is 6.92 Å². The number of aryl methyl sites for hydroxylation is 1. The lowest BCUT2D eigenvalue weighted by atomic mass is 10.0. The highest BCUT2D eigenvalue weighted by atomic mass is 16.5. The third-order valence-corrected chi connectivity index (χ3v) is 7.67. The van der Waals surface area contributed by atoms with Gasteiger partial charge in [0, 0.05) is 38.3 Å². The van der Waals surface area contributed by atoms with Gasteiger partial charge in [-0.05, 0) is 39.0 Å². The molecule has 0 aliphatic heterocycles. The standard InChI is InChI=1S/C32H59N5O5/c1-28(29(2)38)19-16-17-23-33-32(40)27-42-26-25-41-24-18-21-30(39)20-14-12-10-8-6-4-3-5-7-9-11-13-15-22-31-34-36-37-35-31/h28H,3-27H2,1-2H3,(H,33,40)(H,34,35,36,37)/t28-/m0/s1. The average molecular weight is 594 g/mol. The van der Waals surface area contributed by atoms with Crippen LogP contribution in [-0.2, 0) is 30.3 Å². The SMILES string of the molecule is CC(=O)[C@@H](C)CCCCNC(=O)COCCOCCCC(=O)CCCCCCCCCCCCCCCc1nn[nH]n1. The zero-order valence-electron chi connectivity index (χ0n) is 26.6. The number of ketones is 2. The molecule has 0 aliphatic carbocycles. The van der Waals surface area contributed by atoms with Gasteiger partial charge in [-0.15, -0.1) is 10.2 Å². The number of rotatable bonds is 31. The van der Waals surface area contributed by atoms with Crippen LogP contribution in [0, 0.1) is 5.92 Å². The first kappa shape index (κ1) is 37.8. The van der Waals surface area contributed by atoms with E-state index < -0.39 is 0 Å². The first-order valence-corrected chi connectivity index (χ1v) is 16.7. The Bertz CT molecular complexity index is 790. The molecule has 10 nitrogen and oxygen atoms in total. The highest BCUT2D eigenvalue weighted by Gasteiger charge is 2.07. The van der Waals surface area contributed by atoms with Crippen LogP contribution in [0.5, 0.6) is 0 Å². The number of hydrogen-bond donors (Lipinski definition) is 2. The van der Waals surface area contributed by atoms with Gasteiger partial charge < -0.3 is 14.8 Å². The maximum Gasteiger partial charge on any atom is 0.245 e. The van der Waals surface area contributed by atoms with Crippen molar-refractivity contribution in [3.63, 3.8) is 0 Å². The van der Waals surface area contributed by atoms with Crippen molar-refractivity contribution in [2.24, 2.45) is 5.92 Å². The van der Waals surface area contributed by atoms with Crippen LogP contribution in [0.15, 0.2) is 0 Å². The average Bonchev–Trinajstić information content (AvgIpc) is 3.49. The lowest BCUT2D eigenvalue weighted by Crippen LogP contribution is -2.29. The van der Waals surface area contributed by atoms with Crippen molar-refractivity contribution in [3.05, 3.63) is 5.82 Å². The van der Waals surface area contributed by atoms with E-state index in [2.05, 4.69) is 25.9 Å². The second-order valence-corrected chi connectivity index (χ2v) is 11.6. The number of ether oxygens (including phenoxy) is 2. The third kappa shape index (κ3) is 24.4. The summed E-state index contributed by atoms with van der Waals surface area (Å²) in [7, 11) is 0. The molecule has 1 atom stereocenters. The van der Waals surface area contributed by atoms with Crippen molar-refractivity contribution in [2.45, 2.75) is 142 Å². The minimum Gasteiger partial charge on any atom is -0.379 e. The van der Waals surface area contributed by atoms with Crippen LogP contribution in [0.2, 0.25) is 0 Å². The molecule has 10 heteroatoms. The second-order valence-electron chi connectivity index (χ2n) is 11.6. The quantitative estimate of drug-likeness (QED) is 0.0986. The first-order valence-electron chi connectivity index (χ1n) is 16.7. The highest BCUT2D eigenvalue weighted by Crippen LogP contribution is 2.14. The Hall–Kier alpha value is -2.20. The number of nitrogens with zero attached hydrogens (tertiary/aromatic N) is 3. The fourth-order valence-corrected chi connectivity index (χ4v) is 4.78. The van der Waals surface area contributed by atoms with E-state index >= 15 is 0 Å². The number of tetrazole rings is 1. The molecule has 1 heterocycles. The van der Waals surface area contributed by atoms with Crippen molar-refractivity contribution in [2.75, 3.05) is 33.0 Å². The number of carbonyl (C=O) groups is 3. The minimum absolute atomic E-state index is 0.0253. The molecule has 0 radical (unpaired) electrons. The smallest absolute Gasteiger partial charge is 0.245 e. The van der Waals surface area contributed by atoms with Crippen LogP contribution in [0.4, 0.5) is 0 Å². The Labute approximate surface area is 254 Å². The van der Waals surface area contributed by atoms with Crippen molar-refractivity contribution in [1.29, 1.82) is 0 Å². The van der Waals surface area contributed by atoms with Gasteiger partial charge in [-0.1, -0.05) is 89.2 Å². The van der Waals surface area contributed by atoms with Gasteiger partial charge in [0.1, 0.15) is 18.2 Å². The Morgan fingerprint density at radius 1 is 0.738 bits per heavy atom. The lowest BCUT2D eigenvalue weighted by Gasteiger charge is -2.08. The van der Waals surface area contributed by atoms with Crippen LogP contribution in [-0.4, -0.2) is 71.1 Å². The molecule has 0 aromatic carbocycles. The second kappa shape index (κ2) is 27.6. The zero-order valence-corrected chi connectivity index (χ0v) is 26.6. The zero-order chi connectivity index (χ0) is 30.5. The van der Waals surface area contributed by atoms with Gasteiger partial charge >= 0.3 is 0 Å².